The van der Waals surface area contributed by atoms with Crippen LogP contribution in [-0.2, 0) is 17.8 Å². The fourth-order valence-electron chi connectivity index (χ4n) is 3.37. The van der Waals surface area contributed by atoms with Crippen molar-refractivity contribution < 1.29 is 28.5 Å². The fraction of sp³-hybridized carbons (Fsp3) is 0.364. The van der Waals surface area contributed by atoms with E-state index in [0.717, 1.165) is 17.5 Å². The molecule has 0 saturated carbocycles. The molecular formula is C22H25NO6. The number of carbonyl (C=O) groups excluding carboxylic acids is 2. The number of methoxy groups -OCH3 is 3. The number of amides is 1. The summed E-state index contributed by atoms with van der Waals surface area (Å²) in [7, 11) is 4.73. The number of ketones is 1. The predicted octanol–water partition coefficient (Wildman–Crippen LogP) is 2.88. The molecule has 154 valence electrons. The van der Waals surface area contributed by atoms with Gasteiger partial charge in [0.05, 0.1) is 26.9 Å². The molecule has 0 fully saturated rings. The van der Waals surface area contributed by atoms with Crippen LogP contribution in [0.4, 0.5) is 0 Å². The lowest BCUT2D eigenvalue weighted by Crippen LogP contribution is -2.39. The maximum Gasteiger partial charge on any atom is 0.260 e. The van der Waals surface area contributed by atoms with Gasteiger partial charge in [-0.25, -0.2) is 0 Å². The smallest absolute Gasteiger partial charge is 0.260 e. The number of nitrogens with zero attached hydrogens (tertiary/aromatic N) is 1. The summed E-state index contributed by atoms with van der Waals surface area (Å²) in [5.41, 5.74) is 2.58. The van der Waals surface area contributed by atoms with Crippen molar-refractivity contribution >= 4 is 11.7 Å². The summed E-state index contributed by atoms with van der Waals surface area (Å²) < 4.78 is 21.6. The summed E-state index contributed by atoms with van der Waals surface area (Å²) in [5, 5.41) is 0. The molecule has 1 amide bonds. The Morgan fingerprint density at radius 1 is 0.931 bits per heavy atom. The lowest BCUT2D eigenvalue weighted by Gasteiger charge is -2.29. The highest BCUT2D eigenvalue weighted by molar-refractivity contribution is 5.97. The van der Waals surface area contributed by atoms with Crippen LogP contribution in [0.5, 0.6) is 23.0 Å². The Labute approximate surface area is 170 Å². The molecule has 29 heavy (non-hydrogen) atoms. The van der Waals surface area contributed by atoms with E-state index in [1.807, 2.05) is 12.1 Å². The number of rotatable bonds is 7. The summed E-state index contributed by atoms with van der Waals surface area (Å²) in [6.45, 7) is 2.35. The first-order valence-corrected chi connectivity index (χ1v) is 9.30. The van der Waals surface area contributed by atoms with E-state index in [0.29, 0.717) is 41.7 Å². The monoisotopic (exact) mass is 399 g/mol. The third kappa shape index (κ3) is 4.45. The average molecular weight is 399 g/mol. The van der Waals surface area contributed by atoms with Crippen LogP contribution >= 0.6 is 0 Å². The predicted molar refractivity (Wildman–Crippen MR) is 107 cm³/mol. The van der Waals surface area contributed by atoms with E-state index < -0.39 is 0 Å². The molecule has 0 aliphatic carbocycles. The molecule has 0 aromatic heterocycles. The van der Waals surface area contributed by atoms with E-state index in [-0.39, 0.29) is 18.3 Å². The zero-order chi connectivity index (χ0) is 21.0. The summed E-state index contributed by atoms with van der Waals surface area (Å²) in [6.07, 6.45) is 0.722. The molecule has 0 N–H and O–H groups in total. The van der Waals surface area contributed by atoms with Crippen LogP contribution in [0, 0.1) is 0 Å². The number of carbonyl (C=O) groups is 2. The highest BCUT2D eigenvalue weighted by Crippen LogP contribution is 2.33. The Morgan fingerprint density at radius 2 is 1.62 bits per heavy atom. The van der Waals surface area contributed by atoms with Gasteiger partial charge in [-0.05, 0) is 48.7 Å². The maximum atomic E-state index is 12.7. The third-order valence-electron chi connectivity index (χ3n) is 4.99. The highest BCUT2D eigenvalue weighted by Gasteiger charge is 2.23. The van der Waals surface area contributed by atoms with Crippen molar-refractivity contribution in [1.82, 2.24) is 4.90 Å². The second-order valence-corrected chi connectivity index (χ2v) is 6.75. The van der Waals surface area contributed by atoms with Crippen LogP contribution in [0.3, 0.4) is 0 Å². The minimum absolute atomic E-state index is 0.136. The lowest BCUT2D eigenvalue weighted by molar-refractivity contribution is -0.134. The van der Waals surface area contributed by atoms with Crippen LogP contribution in [0.2, 0.25) is 0 Å². The standard InChI is InChI=1S/C22H25NO6/c1-14(24)18-6-5-17(26-2)11-19(18)29-13-22(25)23-8-7-15-9-20(27-3)21(28-4)10-16(15)12-23/h5-6,9-11H,7-8,12-13H2,1-4H3. The van der Waals surface area contributed by atoms with Crippen molar-refractivity contribution in [1.29, 1.82) is 0 Å². The minimum atomic E-state index is -0.157. The van der Waals surface area contributed by atoms with Gasteiger partial charge in [0.1, 0.15) is 11.5 Å². The molecule has 3 rings (SSSR count). The average Bonchev–Trinajstić information content (AvgIpc) is 2.75. The van der Waals surface area contributed by atoms with Gasteiger partial charge in [0, 0.05) is 19.2 Å². The molecule has 2 aromatic carbocycles. The number of Topliss-reactive ketones (excluding diaryl/α,β-unsaturated/α-hetero) is 1. The van der Waals surface area contributed by atoms with E-state index in [9.17, 15) is 9.59 Å². The molecule has 0 saturated heterocycles. The first-order chi connectivity index (χ1) is 14.0. The molecule has 0 unspecified atom stereocenters. The first-order valence-electron chi connectivity index (χ1n) is 9.30. The molecule has 7 heteroatoms. The number of ether oxygens (including phenoxy) is 4. The van der Waals surface area contributed by atoms with Gasteiger partial charge in [-0.2, -0.15) is 0 Å². The zero-order valence-corrected chi connectivity index (χ0v) is 17.1. The van der Waals surface area contributed by atoms with Crippen molar-refractivity contribution in [3.05, 3.63) is 47.0 Å². The zero-order valence-electron chi connectivity index (χ0n) is 17.1. The van der Waals surface area contributed by atoms with Crippen LogP contribution in [0.15, 0.2) is 30.3 Å². The summed E-state index contributed by atoms with van der Waals surface area (Å²) >= 11 is 0. The second-order valence-electron chi connectivity index (χ2n) is 6.75. The molecule has 1 aliphatic rings. The van der Waals surface area contributed by atoms with Gasteiger partial charge in [0.25, 0.3) is 5.91 Å². The van der Waals surface area contributed by atoms with Crippen molar-refractivity contribution in [2.45, 2.75) is 19.9 Å². The van der Waals surface area contributed by atoms with Gasteiger partial charge >= 0.3 is 0 Å². The molecule has 1 aliphatic heterocycles. The number of benzene rings is 2. The van der Waals surface area contributed by atoms with E-state index in [2.05, 4.69) is 0 Å². The first kappa shape index (κ1) is 20.5. The number of hydrogen-bond acceptors (Lipinski definition) is 6. The largest absolute Gasteiger partial charge is 0.497 e. The normalized spacial score (nSPS) is 12.8. The van der Waals surface area contributed by atoms with Crippen LogP contribution < -0.4 is 18.9 Å². The Morgan fingerprint density at radius 3 is 2.24 bits per heavy atom. The van der Waals surface area contributed by atoms with Crippen LogP contribution in [0.1, 0.15) is 28.4 Å². The van der Waals surface area contributed by atoms with Crippen molar-refractivity contribution in [3.63, 3.8) is 0 Å². The van der Waals surface area contributed by atoms with E-state index in [4.69, 9.17) is 18.9 Å². The number of hydrogen-bond donors (Lipinski definition) is 0. The van der Waals surface area contributed by atoms with Crippen LogP contribution in [-0.4, -0.2) is 51.1 Å². The summed E-state index contributed by atoms with van der Waals surface area (Å²) in [6, 6.07) is 8.81. The van der Waals surface area contributed by atoms with Crippen molar-refractivity contribution in [2.24, 2.45) is 0 Å². The Hall–Kier alpha value is -3.22. The number of fused-ring (bicyclic) bond motifs is 1. The van der Waals surface area contributed by atoms with Crippen LogP contribution in [0.25, 0.3) is 0 Å². The third-order valence-corrected chi connectivity index (χ3v) is 4.99. The van der Waals surface area contributed by atoms with Gasteiger partial charge in [0.15, 0.2) is 23.9 Å². The quantitative estimate of drug-likeness (QED) is 0.667. The van der Waals surface area contributed by atoms with Crippen molar-refractivity contribution in [3.8, 4) is 23.0 Å². The summed E-state index contributed by atoms with van der Waals surface area (Å²) in [5.74, 6) is 1.94. The molecule has 0 atom stereocenters. The Bertz CT molecular complexity index is 924. The fourth-order valence-corrected chi connectivity index (χ4v) is 3.37. The van der Waals surface area contributed by atoms with Gasteiger partial charge < -0.3 is 23.8 Å². The van der Waals surface area contributed by atoms with E-state index in [1.54, 1.807) is 37.3 Å². The molecule has 7 nitrogen and oxygen atoms in total. The molecular weight excluding hydrogens is 374 g/mol. The SMILES string of the molecule is COc1ccc(C(C)=O)c(OCC(=O)N2CCc3cc(OC)c(OC)cc3C2)c1. The minimum Gasteiger partial charge on any atom is -0.497 e. The topological polar surface area (TPSA) is 74.3 Å². The second kappa shape index (κ2) is 8.86. The molecule has 2 aromatic rings. The molecule has 1 heterocycles. The van der Waals surface area contributed by atoms with Gasteiger partial charge in [-0.1, -0.05) is 0 Å². The van der Waals surface area contributed by atoms with Gasteiger partial charge in [-0.3, -0.25) is 9.59 Å². The highest BCUT2D eigenvalue weighted by atomic mass is 16.5. The molecule has 0 radical (unpaired) electrons. The molecule has 0 spiro atoms. The molecule has 0 bridgehead atoms. The van der Waals surface area contributed by atoms with Crippen molar-refractivity contribution in [2.75, 3.05) is 34.5 Å². The van der Waals surface area contributed by atoms with E-state index >= 15 is 0 Å². The Balaban J connectivity index is 1.71. The summed E-state index contributed by atoms with van der Waals surface area (Å²) in [4.78, 5) is 26.3. The Kier molecular flexibility index (Phi) is 6.26. The van der Waals surface area contributed by atoms with Gasteiger partial charge in [-0.15, -0.1) is 0 Å². The van der Waals surface area contributed by atoms with Gasteiger partial charge in [0.2, 0.25) is 0 Å². The lowest BCUT2D eigenvalue weighted by atomic mass is 9.99. The van der Waals surface area contributed by atoms with E-state index in [1.165, 1.54) is 14.0 Å². The maximum absolute atomic E-state index is 12.7.